The van der Waals surface area contributed by atoms with Crippen molar-refractivity contribution in [2.75, 3.05) is 0 Å². The largest absolute Gasteiger partial charge is 0.506 e. The molecule has 0 aliphatic heterocycles. The van der Waals surface area contributed by atoms with Crippen LogP contribution in [0.15, 0.2) is 72.8 Å². The van der Waals surface area contributed by atoms with Gasteiger partial charge >= 0.3 is 0 Å². The molecule has 0 saturated heterocycles. The molecule has 256 valence electrons. The Bertz CT molecular complexity index is 1940. The molecule has 6 rings (SSSR count). The lowest BCUT2D eigenvalue weighted by Crippen LogP contribution is -2.29. The molecule has 8 nitrogen and oxygen atoms in total. The van der Waals surface area contributed by atoms with Gasteiger partial charge in [0.15, 0.2) is 0 Å². The number of hydrogen-bond acceptors (Lipinski definition) is 6. The zero-order valence-corrected chi connectivity index (χ0v) is 30.6. The Morgan fingerprint density at radius 1 is 0.469 bits per heavy atom. The third kappa shape index (κ3) is 6.91. The van der Waals surface area contributed by atoms with Crippen LogP contribution in [0.3, 0.4) is 0 Å². The van der Waals surface area contributed by atoms with Crippen LogP contribution in [0.25, 0.3) is 33.4 Å². The maximum absolute atomic E-state index is 11.7. The molecule has 0 amide bonds. The summed E-state index contributed by atoms with van der Waals surface area (Å²) in [4.78, 5) is 3.16. The molecule has 0 aliphatic rings. The Kier molecular flexibility index (Phi) is 8.37. The molecule has 49 heavy (non-hydrogen) atoms. The standard InChI is InChI=1S/C41H50N6O2/c1-38(2,3)24-40(7,8)28-19-21-34(48)36(46-42-30-15-11-12-16-31(30)43-46)26(28)23-27-29(41(9,10)25-39(4,5)6)20-22-35(49)37(27)47-44-32-17-13-14-18-33(32)45-47/h11-22,48-49H,23-25H2,1-10H3. The van der Waals surface area contributed by atoms with Crippen molar-refractivity contribution in [1.29, 1.82) is 0 Å². The van der Waals surface area contributed by atoms with Crippen molar-refractivity contribution in [2.24, 2.45) is 10.8 Å². The number of phenols is 2. The van der Waals surface area contributed by atoms with Crippen LogP contribution in [0, 0.1) is 10.8 Å². The van der Waals surface area contributed by atoms with Crippen LogP contribution in [0.2, 0.25) is 0 Å². The first-order valence-electron chi connectivity index (χ1n) is 17.2. The predicted molar refractivity (Wildman–Crippen MR) is 198 cm³/mol. The van der Waals surface area contributed by atoms with Gasteiger partial charge in [0.05, 0.1) is 0 Å². The highest BCUT2D eigenvalue weighted by molar-refractivity contribution is 5.75. The van der Waals surface area contributed by atoms with Gasteiger partial charge in [0.2, 0.25) is 0 Å². The number of rotatable bonds is 8. The normalized spacial score (nSPS) is 13.1. The first kappa shape index (κ1) is 34.2. The second kappa shape index (κ2) is 12.0. The average molecular weight is 659 g/mol. The quantitative estimate of drug-likeness (QED) is 0.169. The SMILES string of the molecule is CC(C)(C)CC(C)(C)c1ccc(O)c(-n2nc3ccccc3n2)c1Cc1c(C(C)(C)CC(C)(C)C)ccc(O)c1-n1nc2ccccc2n1. The Morgan fingerprint density at radius 2 is 0.776 bits per heavy atom. The number of fused-ring (bicyclic) bond motifs is 2. The number of benzene rings is 4. The summed E-state index contributed by atoms with van der Waals surface area (Å²) in [5.41, 5.74) is 7.47. The van der Waals surface area contributed by atoms with Crippen molar-refractivity contribution in [1.82, 2.24) is 30.0 Å². The molecule has 4 aromatic carbocycles. The summed E-state index contributed by atoms with van der Waals surface area (Å²) in [5.74, 6) is 0.177. The lowest BCUT2D eigenvalue weighted by atomic mass is 9.68. The molecule has 0 radical (unpaired) electrons. The van der Waals surface area contributed by atoms with Gasteiger partial charge in [0, 0.05) is 6.42 Å². The van der Waals surface area contributed by atoms with E-state index in [1.54, 1.807) is 21.7 Å². The number of phenolic OH excluding ortho intramolecular Hbond substituents is 2. The van der Waals surface area contributed by atoms with Crippen LogP contribution < -0.4 is 0 Å². The van der Waals surface area contributed by atoms with Crippen LogP contribution in [-0.2, 0) is 17.3 Å². The van der Waals surface area contributed by atoms with E-state index in [-0.39, 0.29) is 33.2 Å². The van der Waals surface area contributed by atoms with E-state index in [4.69, 9.17) is 20.4 Å². The van der Waals surface area contributed by atoms with E-state index in [1.807, 2.05) is 60.7 Å². The van der Waals surface area contributed by atoms with E-state index in [2.05, 4.69) is 69.2 Å². The van der Waals surface area contributed by atoms with Crippen molar-refractivity contribution in [3.05, 3.63) is 95.1 Å². The van der Waals surface area contributed by atoms with Crippen molar-refractivity contribution in [3.63, 3.8) is 0 Å². The lowest BCUT2D eigenvalue weighted by molar-refractivity contribution is 0.282. The highest BCUT2D eigenvalue weighted by Crippen LogP contribution is 2.46. The Balaban J connectivity index is 1.69. The fourth-order valence-corrected chi connectivity index (χ4v) is 8.26. The van der Waals surface area contributed by atoms with Crippen LogP contribution >= 0.6 is 0 Å². The Hall–Kier alpha value is -4.72. The summed E-state index contributed by atoms with van der Waals surface area (Å²) in [5, 5.41) is 42.8. The fourth-order valence-electron chi connectivity index (χ4n) is 8.26. The molecule has 0 atom stereocenters. The number of aromatic nitrogens is 6. The summed E-state index contributed by atoms with van der Waals surface area (Å²) in [7, 11) is 0. The first-order valence-corrected chi connectivity index (χ1v) is 17.2. The summed E-state index contributed by atoms with van der Waals surface area (Å²) >= 11 is 0. The smallest absolute Gasteiger partial charge is 0.143 e. The van der Waals surface area contributed by atoms with Gasteiger partial charge in [-0.05, 0) is 93.2 Å². The molecule has 0 fully saturated rings. The van der Waals surface area contributed by atoms with E-state index >= 15 is 0 Å². The maximum Gasteiger partial charge on any atom is 0.143 e. The zero-order valence-electron chi connectivity index (χ0n) is 30.6. The third-order valence-electron chi connectivity index (χ3n) is 9.25. The van der Waals surface area contributed by atoms with Gasteiger partial charge in [-0.15, -0.1) is 30.0 Å². The number of nitrogens with zero attached hydrogens (tertiary/aromatic N) is 6. The minimum Gasteiger partial charge on any atom is -0.506 e. The molecule has 0 aliphatic carbocycles. The van der Waals surface area contributed by atoms with Gasteiger partial charge in [-0.1, -0.05) is 106 Å². The molecular weight excluding hydrogens is 608 g/mol. The van der Waals surface area contributed by atoms with E-state index in [0.717, 1.165) is 57.2 Å². The van der Waals surface area contributed by atoms with E-state index in [1.165, 1.54) is 0 Å². The second-order valence-electron chi connectivity index (χ2n) is 17.3. The third-order valence-corrected chi connectivity index (χ3v) is 9.25. The van der Waals surface area contributed by atoms with Gasteiger partial charge in [-0.2, -0.15) is 0 Å². The minimum atomic E-state index is -0.292. The maximum atomic E-state index is 11.7. The zero-order chi connectivity index (χ0) is 35.5. The Labute approximate surface area is 289 Å². The molecule has 2 N–H and O–H groups in total. The molecule has 2 aromatic heterocycles. The summed E-state index contributed by atoms with van der Waals surface area (Å²) in [6, 6.07) is 23.1. The highest BCUT2D eigenvalue weighted by atomic mass is 16.3. The minimum absolute atomic E-state index is 0.0343. The van der Waals surface area contributed by atoms with Gasteiger partial charge in [0.1, 0.15) is 44.9 Å². The highest BCUT2D eigenvalue weighted by Gasteiger charge is 2.36. The van der Waals surface area contributed by atoms with Crippen molar-refractivity contribution >= 4 is 22.1 Å². The molecule has 0 bridgehead atoms. The predicted octanol–water partition coefficient (Wildman–Crippen LogP) is 9.58. The van der Waals surface area contributed by atoms with E-state index in [9.17, 15) is 10.2 Å². The van der Waals surface area contributed by atoms with Crippen molar-refractivity contribution in [3.8, 4) is 22.9 Å². The Morgan fingerprint density at radius 3 is 1.06 bits per heavy atom. The van der Waals surface area contributed by atoms with Gasteiger partial charge in [-0.3, -0.25) is 0 Å². The van der Waals surface area contributed by atoms with Crippen molar-refractivity contribution in [2.45, 2.75) is 99.3 Å². The lowest BCUT2D eigenvalue weighted by Gasteiger charge is -2.37. The number of aromatic hydroxyl groups is 2. The molecule has 0 spiro atoms. The summed E-state index contributed by atoms with van der Waals surface area (Å²) < 4.78 is 0. The summed E-state index contributed by atoms with van der Waals surface area (Å²) in [6.07, 6.45) is 2.16. The van der Waals surface area contributed by atoms with Gasteiger partial charge < -0.3 is 10.2 Å². The van der Waals surface area contributed by atoms with Gasteiger partial charge in [-0.25, -0.2) is 0 Å². The van der Waals surface area contributed by atoms with E-state index in [0.29, 0.717) is 17.8 Å². The summed E-state index contributed by atoms with van der Waals surface area (Å²) in [6.45, 7) is 22.6. The fraction of sp³-hybridized carbons (Fsp3) is 0.415. The molecule has 0 saturated carbocycles. The first-order chi connectivity index (χ1) is 22.8. The average Bonchev–Trinajstić information content (AvgIpc) is 3.58. The number of hydrogen-bond donors (Lipinski definition) is 2. The molecule has 0 unspecified atom stereocenters. The molecule has 2 heterocycles. The van der Waals surface area contributed by atoms with E-state index < -0.39 is 0 Å². The van der Waals surface area contributed by atoms with Crippen LogP contribution in [0.4, 0.5) is 0 Å². The van der Waals surface area contributed by atoms with Crippen LogP contribution in [0.5, 0.6) is 11.5 Å². The van der Waals surface area contributed by atoms with Gasteiger partial charge in [0.25, 0.3) is 0 Å². The van der Waals surface area contributed by atoms with Crippen molar-refractivity contribution < 1.29 is 10.2 Å². The second-order valence-corrected chi connectivity index (χ2v) is 17.3. The van der Waals surface area contributed by atoms with Crippen LogP contribution in [-0.4, -0.2) is 40.2 Å². The monoisotopic (exact) mass is 658 g/mol. The molecule has 6 aromatic rings. The molecule has 8 heteroatoms. The van der Waals surface area contributed by atoms with Crippen LogP contribution in [0.1, 0.15) is 104 Å². The topological polar surface area (TPSA) is 102 Å². The molecular formula is C41H50N6O2.